The zero-order chi connectivity index (χ0) is 17.5. The lowest BCUT2D eigenvalue weighted by molar-refractivity contribution is -0.120. The van der Waals surface area contributed by atoms with Gasteiger partial charge in [0.2, 0.25) is 5.91 Å². The summed E-state index contributed by atoms with van der Waals surface area (Å²) in [6.45, 7) is 3.58. The molecule has 0 bridgehead atoms. The van der Waals surface area contributed by atoms with E-state index < -0.39 is 5.91 Å². The van der Waals surface area contributed by atoms with Crippen molar-refractivity contribution in [2.75, 3.05) is 19.6 Å². The van der Waals surface area contributed by atoms with Gasteiger partial charge in [0.05, 0.1) is 12.8 Å². The Balaban J connectivity index is 1.47. The molecule has 25 heavy (non-hydrogen) atoms. The van der Waals surface area contributed by atoms with Gasteiger partial charge in [-0.3, -0.25) is 14.5 Å². The van der Waals surface area contributed by atoms with E-state index in [2.05, 4.69) is 21.6 Å². The van der Waals surface area contributed by atoms with Gasteiger partial charge in [-0.05, 0) is 49.2 Å². The Labute approximate surface area is 147 Å². The highest BCUT2D eigenvalue weighted by atomic mass is 16.3. The summed E-state index contributed by atoms with van der Waals surface area (Å²) in [5, 5.41) is 5.40. The second-order valence-corrected chi connectivity index (χ2v) is 6.19. The number of furan rings is 1. The molecule has 3 rings (SSSR count). The van der Waals surface area contributed by atoms with Crippen molar-refractivity contribution in [3.8, 4) is 0 Å². The van der Waals surface area contributed by atoms with E-state index in [0.717, 1.165) is 25.2 Å². The van der Waals surface area contributed by atoms with Crippen LogP contribution in [0.1, 0.15) is 34.5 Å². The minimum atomic E-state index is -0.394. The number of carbonyl (C=O) groups excluding carboxylic acids is 2. The van der Waals surface area contributed by atoms with Crippen LogP contribution in [0.15, 0.2) is 47.1 Å². The fourth-order valence-corrected chi connectivity index (χ4v) is 2.98. The SMILES string of the molecule is O=C(CNC(=O)c1ccco1)NCc1ccccc1CN1CCCC1. The van der Waals surface area contributed by atoms with Crippen molar-refractivity contribution in [3.05, 3.63) is 59.5 Å². The fourth-order valence-electron chi connectivity index (χ4n) is 2.98. The van der Waals surface area contributed by atoms with Crippen molar-refractivity contribution in [1.29, 1.82) is 0 Å². The molecule has 1 fully saturated rings. The van der Waals surface area contributed by atoms with Crippen molar-refractivity contribution < 1.29 is 14.0 Å². The molecular formula is C19H23N3O3. The number of carbonyl (C=O) groups is 2. The molecule has 0 atom stereocenters. The molecule has 6 heteroatoms. The van der Waals surface area contributed by atoms with E-state index in [1.54, 1.807) is 12.1 Å². The van der Waals surface area contributed by atoms with Crippen LogP contribution in [-0.4, -0.2) is 36.3 Å². The van der Waals surface area contributed by atoms with Crippen LogP contribution in [0.2, 0.25) is 0 Å². The summed E-state index contributed by atoms with van der Waals surface area (Å²) in [6, 6.07) is 11.3. The largest absolute Gasteiger partial charge is 0.459 e. The van der Waals surface area contributed by atoms with Gasteiger partial charge in [0, 0.05) is 13.1 Å². The van der Waals surface area contributed by atoms with Crippen molar-refractivity contribution in [2.45, 2.75) is 25.9 Å². The lowest BCUT2D eigenvalue weighted by Crippen LogP contribution is -2.36. The Morgan fingerprint density at radius 1 is 1.00 bits per heavy atom. The fraction of sp³-hybridized carbons (Fsp3) is 0.368. The first-order valence-electron chi connectivity index (χ1n) is 8.60. The van der Waals surface area contributed by atoms with Gasteiger partial charge in [-0.15, -0.1) is 0 Å². The van der Waals surface area contributed by atoms with Gasteiger partial charge in [0.1, 0.15) is 0 Å². The smallest absolute Gasteiger partial charge is 0.287 e. The molecule has 2 amide bonds. The predicted molar refractivity (Wildman–Crippen MR) is 93.8 cm³/mol. The van der Waals surface area contributed by atoms with Crippen molar-refractivity contribution >= 4 is 11.8 Å². The Bertz CT molecular complexity index is 706. The van der Waals surface area contributed by atoms with Crippen LogP contribution in [0, 0.1) is 0 Å². The monoisotopic (exact) mass is 341 g/mol. The van der Waals surface area contributed by atoms with E-state index >= 15 is 0 Å². The van der Waals surface area contributed by atoms with Gasteiger partial charge in [-0.2, -0.15) is 0 Å². The maximum Gasteiger partial charge on any atom is 0.287 e. The quantitative estimate of drug-likeness (QED) is 0.807. The van der Waals surface area contributed by atoms with Gasteiger partial charge < -0.3 is 15.1 Å². The molecule has 6 nitrogen and oxygen atoms in total. The second kappa shape index (κ2) is 8.48. The van der Waals surface area contributed by atoms with Crippen LogP contribution >= 0.6 is 0 Å². The van der Waals surface area contributed by atoms with E-state index in [1.807, 2.05) is 18.2 Å². The third kappa shape index (κ3) is 4.93. The predicted octanol–water partition coefficient (Wildman–Crippen LogP) is 1.92. The van der Waals surface area contributed by atoms with E-state index in [1.165, 1.54) is 24.7 Å². The first-order valence-corrected chi connectivity index (χ1v) is 8.60. The molecule has 132 valence electrons. The highest BCUT2D eigenvalue weighted by Crippen LogP contribution is 2.16. The lowest BCUT2D eigenvalue weighted by atomic mass is 10.1. The molecule has 2 aromatic rings. The highest BCUT2D eigenvalue weighted by molar-refractivity contribution is 5.94. The molecule has 2 N–H and O–H groups in total. The van der Waals surface area contributed by atoms with Gasteiger partial charge in [0.15, 0.2) is 5.76 Å². The number of amides is 2. The molecule has 1 aliphatic heterocycles. The topological polar surface area (TPSA) is 74.6 Å². The zero-order valence-electron chi connectivity index (χ0n) is 14.2. The number of hydrogen-bond donors (Lipinski definition) is 2. The van der Waals surface area contributed by atoms with Gasteiger partial charge in [-0.25, -0.2) is 0 Å². The molecule has 1 aliphatic rings. The first kappa shape index (κ1) is 17.2. The standard InChI is InChI=1S/C19H23N3O3/c23-18(13-21-19(24)17-8-5-11-25-17)20-12-15-6-1-2-7-16(15)14-22-9-3-4-10-22/h1-2,5-8,11H,3-4,9-10,12-14H2,(H,20,23)(H,21,24). The average molecular weight is 341 g/mol. The number of benzene rings is 1. The molecule has 2 heterocycles. The molecular weight excluding hydrogens is 318 g/mol. The van der Waals surface area contributed by atoms with E-state index in [9.17, 15) is 9.59 Å². The number of rotatable bonds is 7. The Kier molecular flexibility index (Phi) is 5.85. The number of likely N-dealkylation sites (tertiary alicyclic amines) is 1. The number of hydrogen-bond acceptors (Lipinski definition) is 4. The van der Waals surface area contributed by atoms with Gasteiger partial charge >= 0.3 is 0 Å². The molecule has 0 spiro atoms. The van der Waals surface area contributed by atoms with Crippen LogP contribution in [0.3, 0.4) is 0 Å². The molecule has 1 saturated heterocycles. The third-order valence-corrected chi connectivity index (χ3v) is 4.34. The summed E-state index contributed by atoms with van der Waals surface area (Å²) in [4.78, 5) is 26.2. The summed E-state index contributed by atoms with van der Waals surface area (Å²) in [6.07, 6.45) is 3.94. The summed E-state index contributed by atoms with van der Waals surface area (Å²) in [5.41, 5.74) is 2.35. The molecule has 0 radical (unpaired) electrons. The molecule has 0 unspecified atom stereocenters. The van der Waals surface area contributed by atoms with Crippen molar-refractivity contribution in [3.63, 3.8) is 0 Å². The van der Waals surface area contributed by atoms with Crippen LogP contribution in [0.4, 0.5) is 0 Å². The van der Waals surface area contributed by atoms with Crippen LogP contribution in [-0.2, 0) is 17.9 Å². The number of nitrogens with zero attached hydrogens (tertiary/aromatic N) is 1. The van der Waals surface area contributed by atoms with E-state index in [0.29, 0.717) is 6.54 Å². The Hall–Kier alpha value is -2.60. The van der Waals surface area contributed by atoms with Crippen LogP contribution < -0.4 is 10.6 Å². The van der Waals surface area contributed by atoms with E-state index in [4.69, 9.17) is 4.42 Å². The molecule has 0 saturated carbocycles. The van der Waals surface area contributed by atoms with Crippen LogP contribution in [0.25, 0.3) is 0 Å². The normalized spacial score (nSPS) is 14.4. The minimum absolute atomic E-state index is 0.0756. The van der Waals surface area contributed by atoms with Crippen LogP contribution in [0.5, 0.6) is 0 Å². The Morgan fingerprint density at radius 3 is 2.48 bits per heavy atom. The average Bonchev–Trinajstić information content (AvgIpc) is 3.32. The second-order valence-electron chi connectivity index (χ2n) is 6.19. The maximum absolute atomic E-state index is 12.0. The maximum atomic E-state index is 12.0. The summed E-state index contributed by atoms with van der Waals surface area (Å²) in [7, 11) is 0. The molecule has 0 aliphatic carbocycles. The summed E-state index contributed by atoms with van der Waals surface area (Å²) >= 11 is 0. The Morgan fingerprint density at radius 2 is 1.76 bits per heavy atom. The summed E-state index contributed by atoms with van der Waals surface area (Å²) in [5.74, 6) is -0.422. The van der Waals surface area contributed by atoms with Crippen molar-refractivity contribution in [1.82, 2.24) is 15.5 Å². The first-order chi connectivity index (χ1) is 12.2. The lowest BCUT2D eigenvalue weighted by Gasteiger charge is -2.17. The summed E-state index contributed by atoms with van der Waals surface area (Å²) < 4.78 is 4.99. The molecule has 1 aromatic carbocycles. The highest BCUT2D eigenvalue weighted by Gasteiger charge is 2.14. The van der Waals surface area contributed by atoms with Gasteiger partial charge in [-0.1, -0.05) is 24.3 Å². The zero-order valence-corrected chi connectivity index (χ0v) is 14.2. The third-order valence-electron chi connectivity index (χ3n) is 4.34. The number of nitrogens with one attached hydrogen (secondary N) is 2. The van der Waals surface area contributed by atoms with Crippen molar-refractivity contribution in [2.24, 2.45) is 0 Å². The molecule has 1 aromatic heterocycles. The minimum Gasteiger partial charge on any atom is -0.459 e. The van der Waals surface area contributed by atoms with Gasteiger partial charge in [0.25, 0.3) is 5.91 Å². The van der Waals surface area contributed by atoms with E-state index in [-0.39, 0.29) is 18.2 Å².